The van der Waals surface area contributed by atoms with Crippen molar-refractivity contribution in [1.82, 2.24) is 0 Å². The average Bonchev–Trinajstić information content (AvgIpc) is 2.74. The van der Waals surface area contributed by atoms with Crippen LogP contribution in [-0.2, 0) is 19.6 Å². The molecule has 1 unspecified atom stereocenters. The van der Waals surface area contributed by atoms with Gasteiger partial charge in [0.25, 0.3) is 0 Å². The van der Waals surface area contributed by atoms with Gasteiger partial charge in [-0.1, -0.05) is 30.1 Å². The molecule has 1 saturated heterocycles. The number of halogens is 2. The molecule has 0 saturated carbocycles. The largest absolute Gasteiger partial charge is 0.378 e. The summed E-state index contributed by atoms with van der Waals surface area (Å²) in [5.74, 6) is -0.455. The Hall–Kier alpha value is -2.00. The molecule has 1 amide bonds. The minimum absolute atomic E-state index is 0.168. The summed E-state index contributed by atoms with van der Waals surface area (Å²) in [5.41, 5.74) is 1.78. The van der Waals surface area contributed by atoms with E-state index >= 15 is 0 Å². The molecule has 0 spiro atoms. The second-order valence-corrected chi connectivity index (χ2v) is 9.92. The van der Waals surface area contributed by atoms with Crippen LogP contribution in [0, 0.1) is 0 Å². The molecule has 1 aliphatic heterocycles. The van der Waals surface area contributed by atoms with Crippen molar-refractivity contribution in [1.29, 1.82) is 0 Å². The molecule has 0 bridgehead atoms. The van der Waals surface area contributed by atoms with Crippen LogP contribution in [0.3, 0.4) is 0 Å². The van der Waals surface area contributed by atoms with Gasteiger partial charge in [-0.25, -0.2) is 8.42 Å². The number of amides is 1. The maximum Gasteiger partial charge on any atom is 0.248 e. The molecule has 3 rings (SSSR count). The lowest BCUT2D eigenvalue weighted by Crippen LogP contribution is -2.47. The number of hydrogen-bond acceptors (Lipinski definition) is 5. The van der Waals surface area contributed by atoms with Crippen molar-refractivity contribution in [2.75, 3.05) is 47.1 Å². The predicted octanol–water partition coefficient (Wildman–Crippen LogP) is 4.01. The molecule has 31 heavy (non-hydrogen) atoms. The summed E-state index contributed by atoms with van der Waals surface area (Å²) in [6, 6.07) is 11.0. The lowest BCUT2D eigenvalue weighted by molar-refractivity contribution is -0.117. The lowest BCUT2D eigenvalue weighted by Gasteiger charge is -2.31. The van der Waals surface area contributed by atoms with Crippen LogP contribution >= 0.6 is 23.2 Å². The van der Waals surface area contributed by atoms with E-state index in [4.69, 9.17) is 27.9 Å². The van der Waals surface area contributed by atoms with E-state index in [1.807, 2.05) is 12.1 Å². The second-order valence-electron chi connectivity index (χ2n) is 7.21. The van der Waals surface area contributed by atoms with E-state index in [9.17, 15) is 13.2 Å². The van der Waals surface area contributed by atoms with Crippen molar-refractivity contribution in [3.05, 3.63) is 52.5 Å². The molecule has 1 atom stereocenters. The number of nitrogens with one attached hydrogen (secondary N) is 1. The minimum atomic E-state index is -3.82. The van der Waals surface area contributed by atoms with E-state index in [1.54, 1.807) is 25.1 Å². The van der Waals surface area contributed by atoms with Crippen LogP contribution in [0.5, 0.6) is 0 Å². The number of hydrogen-bond donors (Lipinski definition) is 1. The number of ether oxygens (including phenoxy) is 1. The minimum Gasteiger partial charge on any atom is -0.378 e. The van der Waals surface area contributed by atoms with Crippen molar-refractivity contribution in [2.24, 2.45) is 0 Å². The van der Waals surface area contributed by atoms with Gasteiger partial charge in [0.1, 0.15) is 6.04 Å². The lowest BCUT2D eigenvalue weighted by atomic mass is 10.1. The average molecular weight is 486 g/mol. The van der Waals surface area contributed by atoms with Crippen LogP contribution in [0.4, 0.5) is 17.1 Å². The number of sulfonamides is 1. The van der Waals surface area contributed by atoms with Crippen molar-refractivity contribution in [2.45, 2.75) is 19.4 Å². The summed E-state index contributed by atoms with van der Waals surface area (Å²) in [6.07, 6.45) is 1.28. The van der Waals surface area contributed by atoms with Crippen molar-refractivity contribution in [3.63, 3.8) is 0 Å². The fourth-order valence-electron chi connectivity index (χ4n) is 3.49. The van der Waals surface area contributed by atoms with E-state index in [2.05, 4.69) is 10.2 Å². The third-order valence-corrected chi connectivity index (χ3v) is 6.71. The van der Waals surface area contributed by atoms with Gasteiger partial charge in [0.2, 0.25) is 15.9 Å². The van der Waals surface area contributed by atoms with Gasteiger partial charge in [0.05, 0.1) is 30.2 Å². The van der Waals surface area contributed by atoms with E-state index < -0.39 is 22.0 Å². The summed E-state index contributed by atoms with van der Waals surface area (Å²) in [7, 11) is -3.82. The summed E-state index contributed by atoms with van der Waals surface area (Å²) < 4.78 is 31.6. The molecule has 0 aliphatic carbocycles. The fraction of sp³-hybridized carbons (Fsp3) is 0.381. The Balaban J connectivity index is 1.82. The zero-order chi connectivity index (χ0) is 22.6. The number of morpholine rings is 1. The molecular formula is C21H25Cl2N3O4S. The number of rotatable bonds is 7. The van der Waals surface area contributed by atoms with E-state index in [0.717, 1.165) is 29.3 Å². The van der Waals surface area contributed by atoms with Crippen molar-refractivity contribution in [3.8, 4) is 0 Å². The van der Waals surface area contributed by atoms with Gasteiger partial charge in [0.15, 0.2) is 0 Å². The van der Waals surface area contributed by atoms with E-state index in [0.29, 0.717) is 23.9 Å². The van der Waals surface area contributed by atoms with Crippen LogP contribution in [0.15, 0.2) is 42.5 Å². The smallest absolute Gasteiger partial charge is 0.248 e. The van der Waals surface area contributed by atoms with Crippen LogP contribution in [0.2, 0.25) is 10.0 Å². The first kappa shape index (κ1) is 23.7. The Labute approximate surface area is 192 Å². The zero-order valence-corrected chi connectivity index (χ0v) is 19.7. The number of nitrogens with zero attached hydrogens (tertiary/aromatic N) is 2. The normalized spacial score (nSPS) is 15.4. The van der Waals surface area contributed by atoms with Crippen LogP contribution in [0.25, 0.3) is 0 Å². The first-order valence-electron chi connectivity index (χ1n) is 9.88. The highest BCUT2D eigenvalue weighted by atomic mass is 35.5. The number of carbonyl (C=O) groups excluding carboxylic acids is 1. The zero-order valence-electron chi connectivity index (χ0n) is 17.3. The van der Waals surface area contributed by atoms with Crippen molar-refractivity contribution >= 4 is 56.2 Å². The van der Waals surface area contributed by atoms with Gasteiger partial charge < -0.3 is 15.0 Å². The standard InChI is InChI=1S/C21H25Cl2N3O4S/c1-3-19(26(31(2,28)29)20-14-15(22)4-9-18(20)23)21(27)24-16-5-7-17(8-6-16)25-10-12-30-13-11-25/h4-9,14,19H,3,10-13H2,1-2H3,(H,24,27). The highest BCUT2D eigenvalue weighted by Crippen LogP contribution is 2.33. The van der Waals surface area contributed by atoms with E-state index in [-0.39, 0.29) is 17.1 Å². The Bertz CT molecular complexity index is 1030. The SMILES string of the molecule is CCC(C(=O)Nc1ccc(N2CCOCC2)cc1)N(c1cc(Cl)ccc1Cl)S(C)(=O)=O. The van der Waals surface area contributed by atoms with Crippen LogP contribution in [0.1, 0.15) is 13.3 Å². The molecular weight excluding hydrogens is 461 g/mol. The van der Waals surface area contributed by atoms with Gasteiger partial charge in [-0.2, -0.15) is 0 Å². The number of benzene rings is 2. The van der Waals surface area contributed by atoms with Gasteiger partial charge in [0, 0.05) is 29.5 Å². The number of carbonyl (C=O) groups is 1. The third kappa shape index (κ3) is 5.83. The topological polar surface area (TPSA) is 79.0 Å². The van der Waals surface area contributed by atoms with Crippen LogP contribution < -0.4 is 14.5 Å². The second kappa shape index (κ2) is 10.1. The summed E-state index contributed by atoms with van der Waals surface area (Å²) >= 11 is 12.3. The first-order chi connectivity index (χ1) is 14.7. The molecule has 0 radical (unpaired) electrons. The molecule has 2 aromatic rings. The fourth-order valence-corrected chi connectivity index (χ4v) is 5.13. The van der Waals surface area contributed by atoms with Crippen molar-refractivity contribution < 1.29 is 17.9 Å². The maximum atomic E-state index is 13.1. The molecule has 7 nitrogen and oxygen atoms in total. The maximum absolute atomic E-state index is 13.1. The first-order valence-corrected chi connectivity index (χ1v) is 12.5. The summed E-state index contributed by atoms with van der Waals surface area (Å²) in [6.45, 7) is 4.73. The monoisotopic (exact) mass is 485 g/mol. The Morgan fingerprint density at radius 1 is 1.16 bits per heavy atom. The molecule has 0 aromatic heterocycles. The van der Waals surface area contributed by atoms with Crippen LogP contribution in [-0.4, -0.2) is 52.9 Å². The molecule has 1 fully saturated rings. The summed E-state index contributed by atoms with van der Waals surface area (Å²) in [4.78, 5) is 15.3. The van der Waals surface area contributed by atoms with Gasteiger partial charge >= 0.3 is 0 Å². The van der Waals surface area contributed by atoms with Gasteiger partial charge in [-0.05, 0) is 48.9 Å². The summed E-state index contributed by atoms with van der Waals surface area (Å²) in [5, 5.41) is 3.33. The molecule has 1 aliphatic rings. The Morgan fingerprint density at radius 3 is 2.39 bits per heavy atom. The van der Waals surface area contributed by atoms with Gasteiger partial charge in [-0.15, -0.1) is 0 Å². The quantitative estimate of drug-likeness (QED) is 0.640. The Morgan fingerprint density at radius 2 is 1.81 bits per heavy atom. The van der Waals surface area contributed by atoms with Gasteiger partial charge in [-0.3, -0.25) is 9.10 Å². The highest BCUT2D eigenvalue weighted by molar-refractivity contribution is 7.92. The third-order valence-electron chi connectivity index (χ3n) is 4.99. The molecule has 168 valence electrons. The Kier molecular flexibility index (Phi) is 7.69. The van der Waals surface area contributed by atoms with E-state index in [1.165, 1.54) is 12.1 Å². The highest BCUT2D eigenvalue weighted by Gasteiger charge is 2.33. The molecule has 1 N–H and O–H groups in total. The number of anilines is 3. The predicted molar refractivity (Wildman–Crippen MR) is 126 cm³/mol. The molecule has 1 heterocycles. The molecule has 10 heteroatoms. The molecule has 2 aromatic carbocycles.